The van der Waals surface area contributed by atoms with Crippen molar-refractivity contribution in [3.05, 3.63) is 65.1 Å². The summed E-state index contributed by atoms with van der Waals surface area (Å²) in [5.41, 5.74) is 1.28. The highest BCUT2D eigenvalue weighted by Gasteiger charge is 2.24. The summed E-state index contributed by atoms with van der Waals surface area (Å²) in [5.74, 6) is 0.0102. The molecule has 172 valence electrons. The molecule has 1 amide bonds. The van der Waals surface area contributed by atoms with Crippen LogP contribution in [0.15, 0.2) is 53.2 Å². The van der Waals surface area contributed by atoms with Crippen LogP contribution in [0.25, 0.3) is 6.08 Å². The number of carbonyl (C=O) groups is 2. The summed E-state index contributed by atoms with van der Waals surface area (Å²) in [6.07, 6.45) is 4.77. The second-order valence-corrected chi connectivity index (χ2v) is 7.71. The molecule has 8 heteroatoms. The zero-order valence-electron chi connectivity index (χ0n) is 18.4. The van der Waals surface area contributed by atoms with Gasteiger partial charge in [-0.05, 0) is 74.2 Å². The number of hydrogen-bond donors (Lipinski definition) is 0. The molecule has 2 aromatic rings. The van der Waals surface area contributed by atoms with Gasteiger partial charge in [0.1, 0.15) is 5.82 Å². The van der Waals surface area contributed by atoms with Crippen LogP contribution in [0.1, 0.15) is 37.3 Å². The van der Waals surface area contributed by atoms with Gasteiger partial charge < -0.3 is 19.1 Å². The number of piperidine rings is 1. The highest BCUT2D eigenvalue weighted by molar-refractivity contribution is 6.12. The lowest BCUT2D eigenvalue weighted by Gasteiger charge is -2.26. The molecule has 1 saturated heterocycles. The third kappa shape index (κ3) is 5.58. The molecule has 0 radical (unpaired) electrons. The predicted octanol–water partition coefficient (Wildman–Crippen LogP) is 3.96. The van der Waals surface area contributed by atoms with E-state index in [-0.39, 0.29) is 29.9 Å². The van der Waals surface area contributed by atoms with Crippen LogP contribution in [0.5, 0.6) is 11.5 Å². The van der Waals surface area contributed by atoms with Crippen LogP contribution in [-0.4, -0.2) is 49.0 Å². The number of likely N-dealkylation sites (tertiary alicyclic amines) is 1. The Kier molecular flexibility index (Phi) is 7.02. The summed E-state index contributed by atoms with van der Waals surface area (Å²) in [4.78, 5) is 30.7. The zero-order chi connectivity index (χ0) is 23.2. The lowest BCUT2D eigenvalue weighted by Crippen LogP contribution is -2.38. The number of esters is 1. The molecular weight excluding hydrogens is 427 g/mol. The number of benzene rings is 2. The van der Waals surface area contributed by atoms with Crippen LogP contribution in [0.2, 0.25) is 0 Å². The van der Waals surface area contributed by atoms with Crippen LogP contribution in [-0.2, 0) is 14.3 Å². The molecule has 2 aromatic carbocycles. The number of ether oxygens (including phenoxy) is 3. The third-order valence-electron chi connectivity index (χ3n) is 5.34. The van der Waals surface area contributed by atoms with Crippen LogP contribution < -0.4 is 9.47 Å². The molecule has 0 aromatic heterocycles. The molecule has 2 aliphatic rings. The molecule has 7 nitrogen and oxygen atoms in total. The largest absolute Gasteiger partial charge is 0.490 e. The SMILES string of the molecule is CCOc1cc(/C=C2\N=C(c3ccc(F)cc3)OC2=O)ccc1OCC(=O)N1CCCCC1. The molecular formula is C25H25FN2O5. The number of aliphatic imine (C=N–C) groups is 1. The fourth-order valence-electron chi connectivity index (χ4n) is 3.66. The normalized spacial score (nSPS) is 17.0. The molecule has 2 aliphatic heterocycles. The van der Waals surface area contributed by atoms with Crippen molar-refractivity contribution in [3.63, 3.8) is 0 Å². The van der Waals surface area contributed by atoms with E-state index in [1.807, 2.05) is 11.8 Å². The Hall–Kier alpha value is -3.68. The molecule has 4 rings (SSSR count). The Bertz CT molecular complexity index is 1090. The first-order valence-electron chi connectivity index (χ1n) is 11.0. The number of carbonyl (C=O) groups excluding carboxylic acids is 2. The van der Waals surface area contributed by atoms with E-state index in [1.54, 1.807) is 24.3 Å². The van der Waals surface area contributed by atoms with E-state index in [9.17, 15) is 14.0 Å². The molecule has 0 unspecified atom stereocenters. The lowest BCUT2D eigenvalue weighted by molar-refractivity contribution is -0.134. The Balaban J connectivity index is 1.49. The van der Waals surface area contributed by atoms with Crippen molar-refractivity contribution in [2.75, 3.05) is 26.3 Å². The van der Waals surface area contributed by atoms with Crippen LogP contribution in [0.3, 0.4) is 0 Å². The van der Waals surface area contributed by atoms with Crippen LogP contribution in [0, 0.1) is 5.82 Å². The maximum atomic E-state index is 13.1. The van der Waals surface area contributed by atoms with Crippen LogP contribution >= 0.6 is 0 Å². The maximum absolute atomic E-state index is 13.1. The van der Waals surface area contributed by atoms with Crippen molar-refractivity contribution < 1.29 is 28.2 Å². The van der Waals surface area contributed by atoms with Gasteiger partial charge in [0.15, 0.2) is 23.8 Å². The van der Waals surface area contributed by atoms with Gasteiger partial charge in [0.05, 0.1) is 6.61 Å². The minimum Gasteiger partial charge on any atom is -0.490 e. The molecule has 0 spiro atoms. The average molecular weight is 452 g/mol. The lowest BCUT2D eigenvalue weighted by atomic mass is 10.1. The number of rotatable bonds is 7. The second-order valence-electron chi connectivity index (χ2n) is 7.71. The highest BCUT2D eigenvalue weighted by atomic mass is 19.1. The Morgan fingerprint density at radius 2 is 1.85 bits per heavy atom. The van der Waals surface area contributed by atoms with Crippen molar-refractivity contribution in [2.45, 2.75) is 26.2 Å². The van der Waals surface area contributed by atoms with Crippen molar-refractivity contribution >= 4 is 23.9 Å². The minimum absolute atomic E-state index is 0.0419. The molecule has 0 atom stereocenters. The van der Waals surface area contributed by atoms with Gasteiger partial charge in [0, 0.05) is 18.7 Å². The summed E-state index contributed by atoms with van der Waals surface area (Å²) >= 11 is 0. The molecule has 1 fully saturated rings. The van der Waals surface area contributed by atoms with Crippen molar-refractivity contribution in [3.8, 4) is 11.5 Å². The number of amides is 1. The highest BCUT2D eigenvalue weighted by Crippen LogP contribution is 2.30. The molecule has 0 bridgehead atoms. The van der Waals surface area contributed by atoms with Crippen molar-refractivity contribution in [1.29, 1.82) is 0 Å². The Labute approximate surface area is 191 Å². The van der Waals surface area contributed by atoms with Gasteiger partial charge in [0.25, 0.3) is 5.91 Å². The van der Waals surface area contributed by atoms with E-state index in [1.165, 1.54) is 24.3 Å². The number of hydrogen-bond acceptors (Lipinski definition) is 6. The summed E-state index contributed by atoms with van der Waals surface area (Å²) in [5, 5.41) is 0. The number of nitrogens with zero attached hydrogens (tertiary/aromatic N) is 2. The third-order valence-corrected chi connectivity index (χ3v) is 5.34. The number of halogens is 1. The summed E-state index contributed by atoms with van der Waals surface area (Å²) < 4.78 is 29.8. The molecule has 0 N–H and O–H groups in total. The monoisotopic (exact) mass is 452 g/mol. The van der Waals surface area contributed by atoms with Gasteiger partial charge in [-0.15, -0.1) is 0 Å². The van der Waals surface area contributed by atoms with Crippen molar-refractivity contribution in [2.24, 2.45) is 4.99 Å². The van der Waals surface area contributed by atoms with Gasteiger partial charge in [0.2, 0.25) is 5.90 Å². The van der Waals surface area contributed by atoms with E-state index < -0.39 is 5.97 Å². The Morgan fingerprint density at radius 3 is 2.58 bits per heavy atom. The van der Waals surface area contributed by atoms with E-state index in [0.717, 1.165) is 32.4 Å². The minimum atomic E-state index is -0.597. The van der Waals surface area contributed by atoms with Gasteiger partial charge in [-0.3, -0.25) is 4.79 Å². The average Bonchev–Trinajstić information content (AvgIpc) is 3.19. The smallest absolute Gasteiger partial charge is 0.363 e. The zero-order valence-corrected chi connectivity index (χ0v) is 18.4. The number of cyclic esters (lactones) is 1. The fraction of sp³-hybridized carbons (Fsp3) is 0.320. The predicted molar refractivity (Wildman–Crippen MR) is 121 cm³/mol. The molecule has 2 heterocycles. The molecule has 33 heavy (non-hydrogen) atoms. The van der Waals surface area contributed by atoms with Gasteiger partial charge >= 0.3 is 5.97 Å². The topological polar surface area (TPSA) is 77.4 Å². The van der Waals surface area contributed by atoms with E-state index in [4.69, 9.17) is 14.2 Å². The van der Waals surface area contributed by atoms with Gasteiger partial charge in [-0.2, -0.15) is 0 Å². The molecule has 0 aliphatic carbocycles. The van der Waals surface area contributed by atoms with Crippen molar-refractivity contribution in [1.82, 2.24) is 4.90 Å². The summed E-state index contributed by atoms with van der Waals surface area (Å²) in [7, 11) is 0. The molecule has 0 saturated carbocycles. The first-order valence-corrected chi connectivity index (χ1v) is 11.0. The first-order chi connectivity index (χ1) is 16.0. The summed E-state index contributed by atoms with van der Waals surface area (Å²) in [6.45, 7) is 3.73. The quantitative estimate of drug-likeness (QED) is 0.470. The van der Waals surface area contributed by atoms with Gasteiger partial charge in [-0.1, -0.05) is 6.07 Å². The standard InChI is InChI=1S/C25H25FN2O5/c1-2-31-22-15-17(6-11-21(22)32-16-23(29)28-12-4-3-5-13-28)14-20-25(30)33-24(27-20)18-7-9-19(26)10-8-18/h6-11,14-15H,2-5,12-13,16H2,1H3/b20-14-. The van der Waals surface area contributed by atoms with E-state index >= 15 is 0 Å². The second kappa shape index (κ2) is 10.3. The van der Waals surface area contributed by atoms with Crippen LogP contribution in [0.4, 0.5) is 4.39 Å². The van der Waals surface area contributed by atoms with Gasteiger partial charge in [-0.25, -0.2) is 14.2 Å². The summed E-state index contributed by atoms with van der Waals surface area (Å²) in [6, 6.07) is 10.7. The maximum Gasteiger partial charge on any atom is 0.363 e. The Morgan fingerprint density at radius 1 is 1.09 bits per heavy atom. The fourth-order valence-corrected chi connectivity index (χ4v) is 3.66. The van der Waals surface area contributed by atoms with E-state index in [2.05, 4.69) is 4.99 Å². The first kappa shape index (κ1) is 22.5. The van der Waals surface area contributed by atoms with E-state index in [0.29, 0.717) is 29.2 Å².